The molecule has 0 saturated carbocycles. The SMILES string of the molecule is CN1C(=O)C[C@@](C)(C2CCC[N+](O)(c3ccnc(Br)c3)C2)N=C1N. The number of aromatic nitrogens is 1. The van der Waals surface area contributed by atoms with Gasteiger partial charge in [-0.15, -0.1) is 0 Å². The van der Waals surface area contributed by atoms with Gasteiger partial charge in [0.05, 0.1) is 12.0 Å². The van der Waals surface area contributed by atoms with Crippen LogP contribution in [0.5, 0.6) is 0 Å². The third kappa shape index (κ3) is 3.05. The predicted octanol–water partition coefficient (Wildman–Crippen LogP) is 1.89. The summed E-state index contributed by atoms with van der Waals surface area (Å²) in [5, 5.41) is 11.2. The highest BCUT2D eigenvalue weighted by Gasteiger charge is 2.48. The second kappa shape index (κ2) is 6.09. The van der Waals surface area contributed by atoms with E-state index in [1.807, 2.05) is 19.1 Å². The smallest absolute Gasteiger partial charge is 0.231 e. The topological polar surface area (TPSA) is 91.8 Å². The summed E-state index contributed by atoms with van der Waals surface area (Å²) in [6.45, 7) is 3.10. The lowest BCUT2D eigenvalue weighted by molar-refractivity contribution is -0.133. The van der Waals surface area contributed by atoms with Gasteiger partial charge >= 0.3 is 0 Å². The molecular formula is C16H23BrN5O2+. The van der Waals surface area contributed by atoms with Crippen LogP contribution in [-0.4, -0.2) is 52.6 Å². The normalized spacial score (nSPS) is 34.2. The molecule has 1 amide bonds. The minimum absolute atomic E-state index is 0.0294. The lowest BCUT2D eigenvalue weighted by Gasteiger charge is -2.44. The molecule has 3 N–H and O–H groups in total. The zero-order chi connectivity index (χ0) is 17.5. The van der Waals surface area contributed by atoms with Crippen LogP contribution in [0.15, 0.2) is 27.9 Å². The Balaban J connectivity index is 1.89. The molecule has 8 heteroatoms. The van der Waals surface area contributed by atoms with Crippen molar-refractivity contribution in [1.29, 1.82) is 0 Å². The predicted molar refractivity (Wildman–Crippen MR) is 95.4 cm³/mol. The zero-order valence-electron chi connectivity index (χ0n) is 13.9. The summed E-state index contributed by atoms with van der Waals surface area (Å²) < 4.78 is 0.525. The maximum atomic E-state index is 12.2. The van der Waals surface area contributed by atoms with Crippen molar-refractivity contribution in [3.63, 3.8) is 0 Å². The fraction of sp³-hybridized carbons (Fsp3) is 0.562. The van der Waals surface area contributed by atoms with Gasteiger partial charge in [-0.1, -0.05) is 0 Å². The van der Waals surface area contributed by atoms with Crippen molar-refractivity contribution >= 4 is 33.5 Å². The number of aliphatic imine (C=N–C) groups is 1. The van der Waals surface area contributed by atoms with Gasteiger partial charge in [0, 0.05) is 37.7 Å². The standard InChI is InChI=1S/C16H23BrN5O2/c1-16(9-14(23)21(2)15(18)20-16)11-4-3-7-22(24,10-11)12-5-6-19-13(17)8-12/h5-6,8,11,24H,3-4,7,9-10H2,1-2H3,(H2,18,20)/q+1/t11?,16-,22?/m0/s1. The van der Waals surface area contributed by atoms with E-state index >= 15 is 0 Å². The maximum Gasteiger partial charge on any atom is 0.231 e. The molecule has 130 valence electrons. The molecule has 1 saturated heterocycles. The Morgan fingerprint density at radius 3 is 2.96 bits per heavy atom. The van der Waals surface area contributed by atoms with E-state index in [0.29, 0.717) is 24.1 Å². The molecule has 0 aliphatic carbocycles. The summed E-state index contributed by atoms with van der Waals surface area (Å²) >= 11 is 3.36. The zero-order valence-corrected chi connectivity index (χ0v) is 15.5. The molecule has 24 heavy (non-hydrogen) atoms. The second-order valence-corrected chi connectivity index (χ2v) is 7.77. The highest BCUT2D eigenvalue weighted by Crippen LogP contribution is 2.39. The van der Waals surface area contributed by atoms with Crippen LogP contribution in [0.4, 0.5) is 5.69 Å². The molecule has 1 fully saturated rings. The lowest BCUT2D eigenvalue weighted by Crippen LogP contribution is -2.59. The summed E-state index contributed by atoms with van der Waals surface area (Å²) in [6.07, 6.45) is 3.76. The number of nitrogens with zero attached hydrogens (tertiary/aromatic N) is 4. The van der Waals surface area contributed by atoms with E-state index in [4.69, 9.17) is 5.73 Å². The number of halogens is 1. The fourth-order valence-electron chi connectivity index (χ4n) is 3.70. The van der Waals surface area contributed by atoms with Gasteiger partial charge in [-0.05, 0) is 29.3 Å². The Labute approximate surface area is 149 Å². The molecule has 1 aromatic rings. The molecule has 0 aromatic carbocycles. The van der Waals surface area contributed by atoms with Crippen molar-refractivity contribution in [3.8, 4) is 0 Å². The molecule has 2 aliphatic heterocycles. The van der Waals surface area contributed by atoms with Crippen LogP contribution in [0, 0.1) is 5.92 Å². The third-order valence-corrected chi connectivity index (χ3v) is 5.70. The Hall–Kier alpha value is -1.51. The van der Waals surface area contributed by atoms with E-state index in [0.717, 1.165) is 18.5 Å². The number of carbonyl (C=O) groups is 1. The summed E-state index contributed by atoms with van der Waals surface area (Å²) in [5.41, 5.74) is 6.14. The quantitative estimate of drug-likeness (QED) is 0.589. The first-order valence-corrected chi connectivity index (χ1v) is 8.87. The molecule has 7 nitrogen and oxygen atoms in total. The minimum atomic E-state index is -0.579. The number of piperidine rings is 1. The Bertz CT molecular complexity index is 697. The number of hydroxylamine groups is 2. The van der Waals surface area contributed by atoms with Gasteiger partial charge in [-0.25, -0.2) is 15.2 Å². The molecule has 3 atom stereocenters. The highest BCUT2D eigenvalue weighted by atomic mass is 79.9. The van der Waals surface area contributed by atoms with E-state index in [-0.39, 0.29) is 22.4 Å². The van der Waals surface area contributed by atoms with Crippen LogP contribution >= 0.6 is 15.9 Å². The molecule has 0 spiro atoms. The summed E-state index contributed by atoms with van der Waals surface area (Å²) in [7, 11) is 1.64. The lowest BCUT2D eigenvalue weighted by atomic mass is 9.77. The summed E-state index contributed by atoms with van der Waals surface area (Å²) in [4.78, 5) is 22.3. The van der Waals surface area contributed by atoms with E-state index in [9.17, 15) is 10.0 Å². The van der Waals surface area contributed by atoms with Crippen LogP contribution in [0.25, 0.3) is 0 Å². The number of amides is 1. The van der Waals surface area contributed by atoms with Crippen molar-refractivity contribution in [2.45, 2.75) is 31.7 Å². The van der Waals surface area contributed by atoms with Crippen LogP contribution in [0.1, 0.15) is 26.2 Å². The van der Waals surface area contributed by atoms with Crippen LogP contribution < -0.4 is 10.4 Å². The van der Waals surface area contributed by atoms with Crippen molar-refractivity contribution in [3.05, 3.63) is 22.9 Å². The number of hydrogen-bond donors (Lipinski definition) is 2. The van der Waals surface area contributed by atoms with Gasteiger partial charge in [-0.3, -0.25) is 9.69 Å². The first kappa shape index (κ1) is 17.3. The first-order chi connectivity index (χ1) is 11.2. The Kier molecular flexibility index (Phi) is 4.39. The largest absolute Gasteiger partial charge is 0.369 e. The van der Waals surface area contributed by atoms with Gasteiger partial charge in [-0.2, -0.15) is 4.65 Å². The number of guanidine groups is 1. The Morgan fingerprint density at radius 1 is 1.54 bits per heavy atom. The van der Waals surface area contributed by atoms with Gasteiger partial charge in [0.1, 0.15) is 17.7 Å². The average molecular weight is 397 g/mol. The number of carbonyl (C=O) groups excluding carboxylic acids is 1. The molecule has 2 aliphatic rings. The van der Waals surface area contributed by atoms with Gasteiger partial charge in [0.25, 0.3) is 0 Å². The number of rotatable bonds is 2. The van der Waals surface area contributed by atoms with Gasteiger partial charge in [0.2, 0.25) is 5.91 Å². The molecule has 1 aromatic heterocycles. The summed E-state index contributed by atoms with van der Waals surface area (Å²) in [5.74, 6) is 0.291. The first-order valence-electron chi connectivity index (χ1n) is 8.07. The highest BCUT2D eigenvalue weighted by molar-refractivity contribution is 9.10. The maximum absolute atomic E-state index is 12.2. The van der Waals surface area contributed by atoms with E-state index in [2.05, 4.69) is 25.9 Å². The van der Waals surface area contributed by atoms with E-state index in [1.54, 1.807) is 13.2 Å². The third-order valence-electron chi connectivity index (χ3n) is 5.27. The van der Waals surface area contributed by atoms with Crippen molar-refractivity contribution in [2.75, 3.05) is 20.1 Å². The monoisotopic (exact) mass is 396 g/mol. The molecule has 0 bridgehead atoms. The van der Waals surface area contributed by atoms with Gasteiger partial charge < -0.3 is 5.73 Å². The van der Waals surface area contributed by atoms with Crippen LogP contribution in [0.2, 0.25) is 0 Å². The number of hydrogen-bond acceptors (Lipinski definition) is 5. The molecule has 3 heterocycles. The van der Waals surface area contributed by atoms with Crippen molar-refractivity contribution < 1.29 is 10.0 Å². The van der Waals surface area contributed by atoms with Gasteiger partial charge in [0.15, 0.2) is 11.6 Å². The van der Waals surface area contributed by atoms with Crippen LogP contribution in [0.3, 0.4) is 0 Å². The summed E-state index contributed by atoms with van der Waals surface area (Å²) in [6, 6.07) is 3.66. The number of quaternary nitrogens is 1. The number of pyridine rings is 1. The fourth-order valence-corrected chi connectivity index (χ4v) is 4.06. The molecular weight excluding hydrogens is 374 g/mol. The average Bonchev–Trinajstić information content (AvgIpc) is 2.53. The molecule has 2 unspecified atom stereocenters. The van der Waals surface area contributed by atoms with Crippen molar-refractivity contribution in [1.82, 2.24) is 14.5 Å². The molecule has 3 rings (SSSR count). The van der Waals surface area contributed by atoms with Crippen LogP contribution in [-0.2, 0) is 4.79 Å². The van der Waals surface area contributed by atoms with Crippen molar-refractivity contribution in [2.24, 2.45) is 16.6 Å². The number of nitrogens with two attached hydrogens (primary N) is 1. The minimum Gasteiger partial charge on any atom is -0.369 e. The second-order valence-electron chi connectivity index (χ2n) is 6.96. The molecule has 0 radical (unpaired) electrons. The van der Waals surface area contributed by atoms with E-state index in [1.165, 1.54) is 4.90 Å². The van der Waals surface area contributed by atoms with E-state index < -0.39 is 5.54 Å². The Morgan fingerprint density at radius 2 is 2.29 bits per heavy atom.